The number of Topliss-reactive ketones (excluding diaryl/α,β-unsaturated/α-hetero) is 1. The molecule has 170 valence electrons. The van der Waals surface area contributed by atoms with Gasteiger partial charge >= 0.3 is 0 Å². The monoisotopic (exact) mass is 450 g/mol. The van der Waals surface area contributed by atoms with Crippen molar-refractivity contribution in [2.45, 2.75) is 34.6 Å². The van der Waals surface area contributed by atoms with Gasteiger partial charge in [-0.05, 0) is 79.1 Å². The molecule has 0 aliphatic carbocycles. The first kappa shape index (κ1) is 24.2. The van der Waals surface area contributed by atoms with Gasteiger partial charge in [0, 0.05) is 23.0 Å². The van der Waals surface area contributed by atoms with Crippen molar-refractivity contribution in [2.24, 2.45) is 5.41 Å². The van der Waals surface area contributed by atoms with Gasteiger partial charge in [-0.15, -0.1) is 0 Å². The van der Waals surface area contributed by atoms with Crippen molar-refractivity contribution in [1.29, 1.82) is 10.5 Å². The average molecular weight is 451 g/mol. The van der Waals surface area contributed by atoms with Crippen LogP contribution < -0.4 is 10.6 Å². The largest absolute Gasteiger partial charge is 0.340 e. The molecule has 0 aliphatic rings. The number of benzene rings is 2. The van der Waals surface area contributed by atoms with Crippen molar-refractivity contribution in [3.8, 4) is 12.1 Å². The third-order valence-electron chi connectivity index (χ3n) is 5.09. The second-order valence-corrected chi connectivity index (χ2v) is 8.98. The van der Waals surface area contributed by atoms with E-state index in [4.69, 9.17) is 5.26 Å². The van der Waals surface area contributed by atoms with Crippen molar-refractivity contribution in [2.75, 3.05) is 10.6 Å². The molecule has 2 aromatic carbocycles. The Morgan fingerprint density at radius 1 is 1.00 bits per heavy atom. The van der Waals surface area contributed by atoms with Gasteiger partial charge in [0.25, 0.3) is 0 Å². The van der Waals surface area contributed by atoms with E-state index in [0.717, 1.165) is 28.1 Å². The minimum absolute atomic E-state index is 0.140. The number of hydrogen-bond donors (Lipinski definition) is 2. The van der Waals surface area contributed by atoms with Crippen LogP contribution in [0.2, 0.25) is 0 Å². The Labute approximate surface area is 199 Å². The van der Waals surface area contributed by atoms with Gasteiger partial charge in [-0.25, -0.2) is 4.98 Å². The molecule has 2 N–H and O–H groups in total. The van der Waals surface area contributed by atoms with Gasteiger partial charge < -0.3 is 10.6 Å². The van der Waals surface area contributed by atoms with Crippen molar-refractivity contribution >= 4 is 35.0 Å². The first-order valence-corrected chi connectivity index (χ1v) is 10.8. The molecule has 0 saturated heterocycles. The van der Waals surface area contributed by atoms with E-state index in [2.05, 4.69) is 26.7 Å². The van der Waals surface area contributed by atoms with Gasteiger partial charge in [0.2, 0.25) is 5.95 Å². The number of rotatable bonds is 6. The van der Waals surface area contributed by atoms with Gasteiger partial charge in [-0.1, -0.05) is 20.8 Å². The molecule has 0 unspecified atom stereocenters. The Kier molecular flexibility index (Phi) is 7.09. The highest BCUT2D eigenvalue weighted by Crippen LogP contribution is 2.28. The van der Waals surface area contributed by atoms with E-state index in [1.165, 1.54) is 0 Å². The molecule has 0 atom stereocenters. The SMILES string of the molecule is Cc1cc(/C=C(/C#N)C(=O)C(C)(C)C)cc(C)c1Nc1ccnc(Nc2ccc(C#N)cc2)n1. The Balaban J connectivity index is 1.83. The lowest BCUT2D eigenvalue weighted by Gasteiger charge is -2.16. The predicted molar refractivity (Wildman–Crippen MR) is 134 cm³/mol. The molecule has 0 fully saturated rings. The third-order valence-corrected chi connectivity index (χ3v) is 5.09. The Bertz CT molecular complexity index is 1310. The Morgan fingerprint density at radius 3 is 2.21 bits per heavy atom. The number of aryl methyl sites for hydroxylation is 2. The number of nitrogens with zero attached hydrogens (tertiary/aromatic N) is 4. The van der Waals surface area contributed by atoms with E-state index in [-0.39, 0.29) is 11.4 Å². The fraction of sp³-hybridized carbons (Fsp3) is 0.222. The minimum Gasteiger partial charge on any atom is -0.340 e. The van der Waals surface area contributed by atoms with E-state index in [9.17, 15) is 10.1 Å². The van der Waals surface area contributed by atoms with Crippen LogP contribution >= 0.6 is 0 Å². The van der Waals surface area contributed by atoms with Crippen LogP contribution in [0.3, 0.4) is 0 Å². The van der Waals surface area contributed by atoms with Crippen LogP contribution in [-0.2, 0) is 4.79 Å². The van der Waals surface area contributed by atoms with Crippen LogP contribution in [0.1, 0.15) is 43.0 Å². The van der Waals surface area contributed by atoms with Crippen LogP contribution in [0, 0.1) is 41.9 Å². The molecule has 1 heterocycles. The highest BCUT2D eigenvalue weighted by atomic mass is 16.1. The molecular weight excluding hydrogens is 424 g/mol. The molecule has 0 saturated carbocycles. The lowest BCUT2D eigenvalue weighted by atomic mass is 9.86. The summed E-state index contributed by atoms with van der Waals surface area (Å²) in [4.78, 5) is 21.3. The Hall–Kier alpha value is -4.49. The second-order valence-electron chi connectivity index (χ2n) is 8.98. The smallest absolute Gasteiger partial charge is 0.229 e. The number of carbonyl (C=O) groups is 1. The van der Waals surface area contributed by atoms with Crippen molar-refractivity contribution in [3.05, 3.63) is 76.5 Å². The van der Waals surface area contributed by atoms with Crippen LogP contribution in [0.5, 0.6) is 0 Å². The lowest BCUT2D eigenvalue weighted by molar-refractivity contribution is -0.121. The highest BCUT2D eigenvalue weighted by molar-refractivity contribution is 6.06. The molecule has 3 rings (SSSR count). The molecule has 0 aliphatic heterocycles. The fourth-order valence-corrected chi connectivity index (χ4v) is 3.37. The normalized spacial score (nSPS) is 11.3. The number of nitrogens with one attached hydrogen (secondary N) is 2. The standard InChI is InChI=1S/C27H26N6O/c1-17-12-20(14-21(16-29)25(34)27(3,4)5)13-18(2)24(17)32-23-10-11-30-26(33-23)31-22-8-6-19(15-28)7-9-22/h6-14H,1-5H3,(H2,30,31,32,33)/b21-14-. The summed E-state index contributed by atoms with van der Waals surface area (Å²) < 4.78 is 0. The predicted octanol–water partition coefficient (Wildman–Crippen LogP) is 5.97. The quantitative estimate of drug-likeness (QED) is 0.351. The molecule has 7 heteroatoms. The van der Waals surface area contributed by atoms with E-state index in [1.807, 2.05) is 32.0 Å². The third kappa shape index (κ3) is 5.85. The van der Waals surface area contributed by atoms with Crippen LogP contribution in [0.25, 0.3) is 6.08 Å². The number of aromatic nitrogens is 2. The molecule has 34 heavy (non-hydrogen) atoms. The van der Waals surface area contributed by atoms with Crippen molar-refractivity contribution in [3.63, 3.8) is 0 Å². The van der Waals surface area contributed by atoms with Crippen LogP contribution in [-0.4, -0.2) is 15.8 Å². The average Bonchev–Trinajstić information content (AvgIpc) is 2.79. The summed E-state index contributed by atoms with van der Waals surface area (Å²) in [5.74, 6) is 0.848. The molecule has 1 aromatic heterocycles. The minimum atomic E-state index is -0.621. The summed E-state index contributed by atoms with van der Waals surface area (Å²) in [5.41, 5.74) is 4.46. The summed E-state index contributed by atoms with van der Waals surface area (Å²) in [6, 6.07) is 16.8. The molecule has 3 aromatic rings. The highest BCUT2D eigenvalue weighted by Gasteiger charge is 2.25. The topological polar surface area (TPSA) is 114 Å². The number of allylic oxidation sites excluding steroid dienone is 1. The van der Waals surface area contributed by atoms with E-state index < -0.39 is 5.41 Å². The Morgan fingerprint density at radius 2 is 1.65 bits per heavy atom. The molecule has 0 spiro atoms. The number of hydrogen-bond acceptors (Lipinski definition) is 7. The number of nitriles is 2. The van der Waals surface area contributed by atoms with Crippen molar-refractivity contribution < 1.29 is 4.79 Å². The summed E-state index contributed by atoms with van der Waals surface area (Å²) in [6.45, 7) is 9.32. The molecule has 7 nitrogen and oxygen atoms in total. The summed E-state index contributed by atoms with van der Waals surface area (Å²) in [5, 5.41) is 24.9. The van der Waals surface area contributed by atoms with Crippen LogP contribution in [0.15, 0.2) is 54.2 Å². The first-order valence-electron chi connectivity index (χ1n) is 10.8. The summed E-state index contributed by atoms with van der Waals surface area (Å²) in [7, 11) is 0. The van der Waals surface area contributed by atoms with E-state index in [0.29, 0.717) is 17.3 Å². The van der Waals surface area contributed by atoms with Crippen molar-refractivity contribution in [1.82, 2.24) is 9.97 Å². The van der Waals surface area contributed by atoms with Gasteiger partial charge in [0.1, 0.15) is 11.9 Å². The second kappa shape index (κ2) is 9.97. The molecule has 0 amide bonds. The van der Waals surface area contributed by atoms with Gasteiger partial charge in [-0.3, -0.25) is 4.79 Å². The maximum absolute atomic E-state index is 12.5. The molecule has 0 bridgehead atoms. The summed E-state index contributed by atoms with van der Waals surface area (Å²) in [6.07, 6.45) is 3.29. The maximum Gasteiger partial charge on any atom is 0.229 e. The zero-order valence-electron chi connectivity index (χ0n) is 19.9. The lowest BCUT2D eigenvalue weighted by Crippen LogP contribution is -2.21. The van der Waals surface area contributed by atoms with E-state index in [1.54, 1.807) is 63.4 Å². The number of anilines is 4. The first-order chi connectivity index (χ1) is 16.1. The van der Waals surface area contributed by atoms with Gasteiger partial charge in [0.15, 0.2) is 5.78 Å². The van der Waals surface area contributed by atoms with Gasteiger partial charge in [-0.2, -0.15) is 15.5 Å². The fourth-order valence-electron chi connectivity index (χ4n) is 3.37. The molecular formula is C27H26N6O. The van der Waals surface area contributed by atoms with Gasteiger partial charge in [0.05, 0.1) is 17.2 Å². The maximum atomic E-state index is 12.5. The van der Waals surface area contributed by atoms with Crippen LogP contribution in [0.4, 0.5) is 23.1 Å². The zero-order chi connectivity index (χ0) is 24.9. The summed E-state index contributed by atoms with van der Waals surface area (Å²) >= 11 is 0. The number of ketones is 1. The zero-order valence-corrected chi connectivity index (χ0v) is 19.9. The molecule has 0 radical (unpaired) electrons. The number of carbonyl (C=O) groups excluding carboxylic acids is 1. The van der Waals surface area contributed by atoms with E-state index >= 15 is 0 Å².